The first-order valence-electron chi connectivity index (χ1n) is 8.53. The van der Waals surface area contributed by atoms with Crippen molar-refractivity contribution in [2.75, 3.05) is 6.26 Å². The molecule has 0 spiro atoms. The standard InChI is InChI=1S/C19H16F2N4O2S2/c1-11-3-5-13(6-4-11)29(26,27)25-10-15(14-7-12(20)8-23-18(14)25)17-22-9-16(21)19(24-17)28-2/h3-10,17,24H,1-2H3. The molecule has 10 heteroatoms. The van der Waals surface area contributed by atoms with E-state index in [1.807, 2.05) is 6.92 Å². The number of thioether (sulfide) groups is 1. The third-order valence-corrected chi connectivity index (χ3v) is 6.89. The minimum atomic E-state index is -3.98. The van der Waals surface area contributed by atoms with Gasteiger partial charge in [0.25, 0.3) is 10.0 Å². The Hall–Kier alpha value is -2.72. The zero-order valence-corrected chi connectivity index (χ0v) is 17.1. The molecule has 1 N–H and O–H groups in total. The molecule has 1 unspecified atom stereocenters. The lowest BCUT2D eigenvalue weighted by Gasteiger charge is -2.20. The second kappa shape index (κ2) is 7.27. The van der Waals surface area contributed by atoms with Gasteiger partial charge in [0.2, 0.25) is 0 Å². The summed E-state index contributed by atoms with van der Waals surface area (Å²) in [6.07, 6.45) is 4.29. The zero-order chi connectivity index (χ0) is 20.8. The number of fused-ring (bicyclic) bond motifs is 1. The molecule has 1 aliphatic rings. The van der Waals surface area contributed by atoms with Gasteiger partial charge in [0.05, 0.1) is 17.3 Å². The topological polar surface area (TPSA) is 76.3 Å². The average Bonchev–Trinajstić information content (AvgIpc) is 3.08. The molecule has 0 saturated heterocycles. The number of benzene rings is 1. The van der Waals surface area contributed by atoms with Gasteiger partial charge in [0.15, 0.2) is 11.5 Å². The highest BCUT2D eigenvalue weighted by Gasteiger charge is 2.27. The Balaban J connectivity index is 1.89. The first-order chi connectivity index (χ1) is 13.8. The van der Waals surface area contributed by atoms with E-state index in [9.17, 15) is 17.2 Å². The molecule has 3 aromatic rings. The van der Waals surface area contributed by atoms with Gasteiger partial charge in [-0.25, -0.2) is 26.2 Å². The van der Waals surface area contributed by atoms with Gasteiger partial charge in [-0.3, -0.25) is 4.99 Å². The Morgan fingerprint density at radius 1 is 1.21 bits per heavy atom. The highest BCUT2D eigenvalue weighted by molar-refractivity contribution is 8.02. The SMILES string of the molecule is CSC1=C(F)C=NC(c2cn(S(=O)(=O)c3ccc(C)cc3)c3ncc(F)cc23)N1. The van der Waals surface area contributed by atoms with Crippen molar-refractivity contribution in [3.8, 4) is 0 Å². The molecule has 2 aromatic heterocycles. The van der Waals surface area contributed by atoms with Crippen LogP contribution in [0.5, 0.6) is 0 Å². The van der Waals surface area contributed by atoms with Gasteiger partial charge in [-0.15, -0.1) is 11.8 Å². The largest absolute Gasteiger partial charge is 0.352 e. The summed E-state index contributed by atoms with van der Waals surface area (Å²) in [6.45, 7) is 1.85. The maximum atomic E-state index is 13.9. The minimum Gasteiger partial charge on any atom is -0.352 e. The number of aryl methyl sites for hydroxylation is 1. The summed E-state index contributed by atoms with van der Waals surface area (Å²) in [4.78, 5) is 8.17. The Kier molecular flexibility index (Phi) is 4.91. The lowest BCUT2D eigenvalue weighted by molar-refractivity contribution is 0.584. The van der Waals surface area contributed by atoms with E-state index in [0.717, 1.165) is 33.7 Å². The molecule has 29 heavy (non-hydrogen) atoms. The molecule has 0 fully saturated rings. The summed E-state index contributed by atoms with van der Waals surface area (Å²) in [5, 5.41) is 3.44. The third kappa shape index (κ3) is 3.42. The quantitative estimate of drug-likeness (QED) is 0.674. The van der Waals surface area contributed by atoms with Crippen LogP contribution in [-0.4, -0.2) is 29.8 Å². The molecule has 0 bridgehead atoms. The summed E-state index contributed by atoms with van der Waals surface area (Å²) < 4.78 is 55.2. The van der Waals surface area contributed by atoms with Crippen molar-refractivity contribution in [1.82, 2.24) is 14.3 Å². The lowest BCUT2D eigenvalue weighted by atomic mass is 10.1. The normalized spacial score (nSPS) is 17.0. The van der Waals surface area contributed by atoms with Crippen LogP contribution in [0.1, 0.15) is 17.3 Å². The van der Waals surface area contributed by atoms with Crippen LogP contribution in [-0.2, 0) is 10.0 Å². The maximum absolute atomic E-state index is 13.9. The predicted octanol–water partition coefficient (Wildman–Crippen LogP) is 3.90. The summed E-state index contributed by atoms with van der Waals surface area (Å²) >= 11 is 1.16. The summed E-state index contributed by atoms with van der Waals surface area (Å²) in [6, 6.07) is 7.58. The van der Waals surface area contributed by atoms with E-state index < -0.39 is 27.8 Å². The number of aromatic nitrogens is 2. The average molecular weight is 434 g/mol. The van der Waals surface area contributed by atoms with Crippen LogP contribution >= 0.6 is 11.8 Å². The van der Waals surface area contributed by atoms with Gasteiger partial charge in [-0.2, -0.15) is 0 Å². The van der Waals surface area contributed by atoms with E-state index in [-0.39, 0.29) is 21.0 Å². The number of nitrogens with zero attached hydrogens (tertiary/aromatic N) is 3. The van der Waals surface area contributed by atoms with Crippen LogP contribution < -0.4 is 5.32 Å². The fraction of sp³-hybridized carbons (Fsp3) is 0.158. The Morgan fingerprint density at radius 2 is 1.93 bits per heavy atom. The van der Waals surface area contributed by atoms with Crippen molar-refractivity contribution in [2.45, 2.75) is 18.0 Å². The monoisotopic (exact) mass is 434 g/mol. The molecule has 3 heterocycles. The number of nitrogens with one attached hydrogen (secondary N) is 1. The highest BCUT2D eigenvalue weighted by Crippen LogP contribution is 2.33. The fourth-order valence-corrected chi connectivity index (χ4v) is 4.86. The molecule has 150 valence electrons. The van der Waals surface area contributed by atoms with E-state index in [1.54, 1.807) is 18.4 Å². The molecule has 0 radical (unpaired) electrons. The van der Waals surface area contributed by atoms with Crippen molar-refractivity contribution >= 4 is 39.0 Å². The number of aliphatic imine (C=N–C) groups is 1. The van der Waals surface area contributed by atoms with E-state index >= 15 is 0 Å². The number of rotatable bonds is 4. The number of hydrogen-bond donors (Lipinski definition) is 1. The van der Waals surface area contributed by atoms with E-state index in [4.69, 9.17) is 0 Å². The van der Waals surface area contributed by atoms with E-state index in [1.165, 1.54) is 24.4 Å². The van der Waals surface area contributed by atoms with Crippen molar-refractivity contribution in [3.63, 3.8) is 0 Å². The molecule has 0 aliphatic carbocycles. The third-order valence-electron chi connectivity index (χ3n) is 4.51. The second-order valence-corrected chi connectivity index (χ2v) is 9.06. The first kappa shape index (κ1) is 19.6. The van der Waals surface area contributed by atoms with Crippen LogP contribution in [0.15, 0.2) is 63.5 Å². The molecule has 6 nitrogen and oxygen atoms in total. The van der Waals surface area contributed by atoms with Gasteiger partial charge in [-0.05, 0) is 31.4 Å². The molecular weight excluding hydrogens is 418 g/mol. The van der Waals surface area contributed by atoms with Crippen molar-refractivity contribution in [2.24, 2.45) is 4.99 Å². The maximum Gasteiger partial charge on any atom is 0.269 e. The number of hydrogen-bond acceptors (Lipinski definition) is 6. The van der Waals surface area contributed by atoms with Crippen molar-refractivity contribution < 1.29 is 17.2 Å². The van der Waals surface area contributed by atoms with Gasteiger partial charge >= 0.3 is 0 Å². The first-order valence-corrected chi connectivity index (χ1v) is 11.2. The highest BCUT2D eigenvalue weighted by atomic mass is 32.2. The summed E-state index contributed by atoms with van der Waals surface area (Å²) in [5.41, 5.74) is 1.36. The Bertz CT molecular complexity index is 1270. The molecule has 0 saturated carbocycles. The van der Waals surface area contributed by atoms with E-state index in [2.05, 4.69) is 15.3 Å². The summed E-state index contributed by atoms with van der Waals surface area (Å²) in [5.74, 6) is -1.13. The molecule has 1 atom stereocenters. The van der Waals surface area contributed by atoms with Crippen LogP contribution in [0, 0.1) is 12.7 Å². The Labute approximate surface area is 170 Å². The number of allylic oxidation sites excluding steroid dienone is 1. The molecule has 1 aromatic carbocycles. The molecule has 0 amide bonds. The molecule has 1 aliphatic heterocycles. The van der Waals surface area contributed by atoms with Crippen LogP contribution in [0.3, 0.4) is 0 Å². The van der Waals surface area contributed by atoms with E-state index in [0.29, 0.717) is 5.56 Å². The van der Waals surface area contributed by atoms with Gasteiger partial charge in [0.1, 0.15) is 17.0 Å². The number of halogens is 2. The Morgan fingerprint density at radius 3 is 2.62 bits per heavy atom. The van der Waals surface area contributed by atoms with Crippen LogP contribution in [0.2, 0.25) is 0 Å². The molecular formula is C19H16F2N4O2S2. The van der Waals surface area contributed by atoms with Gasteiger partial charge in [-0.1, -0.05) is 17.7 Å². The summed E-state index contributed by atoms with van der Waals surface area (Å²) in [7, 11) is -3.98. The molecule has 4 rings (SSSR count). The predicted molar refractivity (Wildman–Crippen MR) is 109 cm³/mol. The van der Waals surface area contributed by atoms with Crippen molar-refractivity contribution in [1.29, 1.82) is 0 Å². The minimum absolute atomic E-state index is 0.0692. The number of pyridine rings is 1. The van der Waals surface area contributed by atoms with Gasteiger partial charge in [0, 0.05) is 17.1 Å². The second-order valence-electron chi connectivity index (χ2n) is 6.43. The van der Waals surface area contributed by atoms with Crippen LogP contribution in [0.25, 0.3) is 11.0 Å². The van der Waals surface area contributed by atoms with Gasteiger partial charge < -0.3 is 5.32 Å². The smallest absolute Gasteiger partial charge is 0.269 e. The lowest BCUT2D eigenvalue weighted by Crippen LogP contribution is -2.22. The zero-order valence-electron chi connectivity index (χ0n) is 15.4. The fourth-order valence-electron chi connectivity index (χ4n) is 3.05. The van der Waals surface area contributed by atoms with Crippen LogP contribution in [0.4, 0.5) is 8.78 Å². The van der Waals surface area contributed by atoms with Crippen molar-refractivity contribution in [3.05, 3.63) is 70.5 Å².